The van der Waals surface area contributed by atoms with Gasteiger partial charge in [-0.25, -0.2) is 9.18 Å². The number of aliphatic hydroxyl groups excluding tert-OH is 1. The summed E-state index contributed by atoms with van der Waals surface area (Å²) in [6.45, 7) is 10.00. The molecule has 0 bridgehead atoms. The van der Waals surface area contributed by atoms with Gasteiger partial charge in [0.2, 0.25) is 5.43 Å². The lowest BCUT2D eigenvalue weighted by Crippen LogP contribution is -2.46. The standard InChI is InChI=1S/C28H33ClFN3O4/c1-4-31-8-10-32(11-9-31)23-14-24-20(13-19(23)12-18-6-5-7-22(29)26(18)30)27(35)21(28(36)37)15-33(24)25(16-34)17(2)3/h5-7,13-15,17,25,34H,4,8-12,16H2,1-3H3,(H,36,37)/t25-/m1/s1. The molecule has 3 aromatic rings. The zero-order valence-electron chi connectivity index (χ0n) is 21.4. The normalized spacial score (nSPS) is 15.5. The van der Waals surface area contributed by atoms with Crippen LogP contribution in [-0.2, 0) is 6.42 Å². The minimum Gasteiger partial charge on any atom is -0.477 e. The summed E-state index contributed by atoms with van der Waals surface area (Å²) in [7, 11) is 0. The number of piperazine rings is 1. The average molecular weight is 530 g/mol. The molecule has 4 rings (SSSR count). The molecule has 1 aliphatic heterocycles. The van der Waals surface area contributed by atoms with Crippen LogP contribution < -0.4 is 10.3 Å². The number of carboxylic acids is 1. The maximum Gasteiger partial charge on any atom is 0.341 e. The van der Waals surface area contributed by atoms with Gasteiger partial charge in [0.15, 0.2) is 0 Å². The molecule has 1 atom stereocenters. The second-order valence-corrected chi connectivity index (χ2v) is 10.3. The molecule has 0 radical (unpaired) electrons. The van der Waals surface area contributed by atoms with Gasteiger partial charge in [-0.1, -0.05) is 44.5 Å². The number of carbonyl (C=O) groups is 1. The summed E-state index contributed by atoms with van der Waals surface area (Å²) in [5.74, 6) is -1.86. The number of aromatic nitrogens is 1. The van der Waals surface area contributed by atoms with Crippen LogP contribution in [0.1, 0.15) is 48.3 Å². The lowest BCUT2D eigenvalue weighted by Gasteiger charge is -2.37. The van der Waals surface area contributed by atoms with Crippen molar-refractivity contribution in [1.29, 1.82) is 0 Å². The van der Waals surface area contributed by atoms with Crippen molar-refractivity contribution in [3.8, 4) is 0 Å². The fourth-order valence-electron chi connectivity index (χ4n) is 5.11. The molecule has 1 fully saturated rings. The Morgan fingerprint density at radius 2 is 1.84 bits per heavy atom. The van der Waals surface area contributed by atoms with Crippen molar-refractivity contribution in [3.63, 3.8) is 0 Å². The lowest BCUT2D eigenvalue weighted by molar-refractivity contribution is 0.0694. The van der Waals surface area contributed by atoms with E-state index >= 15 is 0 Å². The van der Waals surface area contributed by atoms with Crippen LogP contribution in [0.4, 0.5) is 10.1 Å². The molecule has 2 heterocycles. The molecule has 198 valence electrons. The van der Waals surface area contributed by atoms with Crippen LogP contribution in [0.3, 0.4) is 0 Å². The summed E-state index contributed by atoms with van der Waals surface area (Å²) in [6.07, 6.45) is 1.53. The number of hydrogen-bond donors (Lipinski definition) is 2. The Morgan fingerprint density at radius 1 is 1.14 bits per heavy atom. The van der Waals surface area contributed by atoms with Crippen LogP contribution in [0.5, 0.6) is 0 Å². The molecule has 37 heavy (non-hydrogen) atoms. The van der Waals surface area contributed by atoms with Crippen LogP contribution in [-0.4, -0.2) is 65.0 Å². The Labute approximate surface area is 220 Å². The van der Waals surface area contributed by atoms with E-state index in [4.69, 9.17) is 11.6 Å². The van der Waals surface area contributed by atoms with Gasteiger partial charge in [0, 0.05) is 49.9 Å². The molecule has 9 heteroatoms. The zero-order chi connectivity index (χ0) is 26.9. The van der Waals surface area contributed by atoms with Crippen LogP contribution in [0.2, 0.25) is 5.02 Å². The first kappa shape index (κ1) is 27.1. The summed E-state index contributed by atoms with van der Waals surface area (Å²) < 4.78 is 16.6. The first-order chi connectivity index (χ1) is 17.7. The molecule has 2 N–H and O–H groups in total. The number of pyridine rings is 1. The molecule has 1 aliphatic rings. The van der Waals surface area contributed by atoms with Gasteiger partial charge < -0.3 is 24.6 Å². The van der Waals surface area contributed by atoms with E-state index in [0.717, 1.165) is 44.0 Å². The molecule has 0 saturated carbocycles. The largest absolute Gasteiger partial charge is 0.477 e. The highest BCUT2D eigenvalue weighted by Gasteiger charge is 2.25. The highest BCUT2D eigenvalue weighted by molar-refractivity contribution is 6.30. The van der Waals surface area contributed by atoms with Gasteiger partial charge in [0.25, 0.3) is 0 Å². The summed E-state index contributed by atoms with van der Waals surface area (Å²) in [5, 5.41) is 20.2. The van der Waals surface area contributed by atoms with E-state index in [1.807, 2.05) is 19.9 Å². The number of halogens is 2. The third-order valence-corrected chi connectivity index (χ3v) is 7.64. The number of anilines is 1. The predicted molar refractivity (Wildman–Crippen MR) is 145 cm³/mol. The van der Waals surface area contributed by atoms with E-state index in [1.165, 1.54) is 12.3 Å². The molecule has 0 amide bonds. The molecular weight excluding hydrogens is 497 g/mol. The smallest absolute Gasteiger partial charge is 0.341 e. The fourth-order valence-corrected chi connectivity index (χ4v) is 5.30. The number of nitrogens with zero attached hydrogens (tertiary/aromatic N) is 3. The minimum absolute atomic E-state index is 0.0193. The molecule has 0 unspecified atom stereocenters. The quantitative estimate of drug-likeness (QED) is 0.449. The summed E-state index contributed by atoms with van der Waals surface area (Å²) >= 11 is 6.04. The van der Waals surface area contributed by atoms with E-state index in [0.29, 0.717) is 11.1 Å². The van der Waals surface area contributed by atoms with Crippen molar-refractivity contribution in [2.45, 2.75) is 33.2 Å². The number of aromatic carboxylic acids is 1. The molecule has 1 aromatic heterocycles. The second-order valence-electron chi connectivity index (χ2n) is 9.89. The highest BCUT2D eigenvalue weighted by Crippen LogP contribution is 2.33. The van der Waals surface area contributed by atoms with Gasteiger partial charge in [-0.3, -0.25) is 4.79 Å². The van der Waals surface area contributed by atoms with Gasteiger partial charge in [0.05, 0.1) is 23.2 Å². The van der Waals surface area contributed by atoms with E-state index < -0.39 is 23.3 Å². The van der Waals surface area contributed by atoms with Crippen LogP contribution in [0, 0.1) is 11.7 Å². The predicted octanol–water partition coefficient (Wildman–Crippen LogP) is 4.41. The number of carboxylic acid groups (broad SMARTS) is 1. The van der Waals surface area contributed by atoms with E-state index in [9.17, 15) is 24.2 Å². The topological polar surface area (TPSA) is 86.0 Å². The molecular formula is C28H33ClFN3O4. The zero-order valence-corrected chi connectivity index (χ0v) is 22.1. The summed E-state index contributed by atoms with van der Waals surface area (Å²) in [6, 6.07) is 8.00. The van der Waals surface area contributed by atoms with Gasteiger partial charge in [0.1, 0.15) is 11.4 Å². The maximum absolute atomic E-state index is 14.9. The average Bonchev–Trinajstić information content (AvgIpc) is 2.88. The van der Waals surface area contributed by atoms with Crippen LogP contribution >= 0.6 is 11.6 Å². The number of benzene rings is 2. The Kier molecular flexibility index (Phi) is 8.21. The number of aliphatic hydroxyl groups is 1. The van der Waals surface area contributed by atoms with Crippen molar-refractivity contribution < 1.29 is 19.4 Å². The van der Waals surface area contributed by atoms with Gasteiger partial charge in [-0.05, 0) is 41.8 Å². The molecule has 1 saturated heterocycles. The minimum atomic E-state index is -1.33. The first-order valence-corrected chi connectivity index (χ1v) is 13.0. The van der Waals surface area contributed by atoms with E-state index in [2.05, 4.69) is 16.7 Å². The Hall–Kier alpha value is -2.94. The van der Waals surface area contributed by atoms with Crippen molar-refractivity contribution in [1.82, 2.24) is 9.47 Å². The Morgan fingerprint density at radius 3 is 2.43 bits per heavy atom. The van der Waals surface area contributed by atoms with Crippen molar-refractivity contribution in [2.75, 3.05) is 44.2 Å². The molecule has 0 aliphatic carbocycles. The number of fused-ring (bicyclic) bond motifs is 1. The number of hydrogen-bond acceptors (Lipinski definition) is 5. The molecule has 2 aromatic carbocycles. The van der Waals surface area contributed by atoms with Gasteiger partial charge in [-0.15, -0.1) is 0 Å². The Bertz CT molecular complexity index is 1370. The third-order valence-electron chi connectivity index (χ3n) is 7.35. The van der Waals surface area contributed by atoms with E-state index in [-0.39, 0.29) is 34.9 Å². The fraction of sp³-hybridized carbons (Fsp3) is 0.429. The highest BCUT2D eigenvalue weighted by atomic mass is 35.5. The molecule has 7 nitrogen and oxygen atoms in total. The number of rotatable bonds is 8. The summed E-state index contributed by atoms with van der Waals surface area (Å²) in [4.78, 5) is 29.9. The lowest BCUT2D eigenvalue weighted by atomic mass is 9.97. The van der Waals surface area contributed by atoms with Gasteiger partial charge in [-0.2, -0.15) is 0 Å². The van der Waals surface area contributed by atoms with Crippen molar-refractivity contribution in [3.05, 3.63) is 74.3 Å². The monoisotopic (exact) mass is 529 g/mol. The summed E-state index contributed by atoms with van der Waals surface area (Å²) in [5.41, 5.74) is 1.55. The number of likely N-dealkylation sites (N-methyl/N-ethyl adjacent to an activating group) is 1. The Balaban J connectivity index is 1.98. The maximum atomic E-state index is 14.9. The first-order valence-electron chi connectivity index (χ1n) is 12.6. The van der Waals surface area contributed by atoms with Crippen LogP contribution in [0.25, 0.3) is 10.9 Å². The van der Waals surface area contributed by atoms with Gasteiger partial charge >= 0.3 is 5.97 Å². The van der Waals surface area contributed by atoms with Crippen LogP contribution in [0.15, 0.2) is 41.3 Å². The third kappa shape index (κ3) is 5.37. The van der Waals surface area contributed by atoms with Crippen molar-refractivity contribution in [2.24, 2.45) is 5.92 Å². The van der Waals surface area contributed by atoms with Crippen molar-refractivity contribution >= 4 is 34.2 Å². The SMILES string of the molecule is CCN1CCN(c2cc3c(cc2Cc2cccc(Cl)c2F)c(=O)c(C(=O)O)cn3[C@H](CO)C(C)C)CC1. The molecule has 0 spiro atoms. The second kappa shape index (κ2) is 11.2. The van der Waals surface area contributed by atoms with E-state index in [1.54, 1.807) is 22.8 Å².